The van der Waals surface area contributed by atoms with Gasteiger partial charge < -0.3 is 14.5 Å². The molecule has 334 valence electrons. The van der Waals surface area contributed by atoms with Gasteiger partial charge in [0.05, 0.1) is 6.61 Å². The van der Waals surface area contributed by atoms with Crippen molar-refractivity contribution in [2.24, 2.45) is 0 Å². The summed E-state index contributed by atoms with van der Waals surface area (Å²) in [6, 6.07) is 74.6. The molecule has 0 atom stereocenters. The second kappa shape index (κ2) is 20.6. The fraction of sp³-hybridized carbons (Fsp3) is 0.108. The fourth-order valence-electron chi connectivity index (χ4n) is 8.80. The predicted octanol–water partition coefficient (Wildman–Crippen LogP) is 18.2. The first kappa shape index (κ1) is 45.0. The van der Waals surface area contributed by atoms with E-state index in [1.165, 1.54) is 61.3 Å². The van der Waals surface area contributed by atoms with Gasteiger partial charge in [0.25, 0.3) is 0 Å². The van der Waals surface area contributed by atoms with Crippen molar-refractivity contribution in [3.63, 3.8) is 0 Å². The first-order valence-electron chi connectivity index (χ1n) is 23.6. The van der Waals surface area contributed by atoms with Gasteiger partial charge in [0, 0.05) is 34.1 Å². The quantitative estimate of drug-likeness (QED) is 0.101. The number of hydrogen-bond acceptors (Lipinski definition) is 3. The third-order valence-corrected chi connectivity index (χ3v) is 12.5. The molecule has 9 aromatic rings. The van der Waals surface area contributed by atoms with Gasteiger partial charge in [0.2, 0.25) is 0 Å². The molecule has 9 aromatic carbocycles. The van der Waals surface area contributed by atoms with Crippen LogP contribution >= 0.6 is 0 Å². The maximum atomic E-state index is 5.61. The number of rotatable bonds is 14. The van der Waals surface area contributed by atoms with Gasteiger partial charge in [0.15, 0.2) is 0 Å². The van der Waals surface area contributed by atoms with E-state index >= 15 is 0 Å². The molecule has 0 bridgehead atoms. The van der Waals surface area contributed by atoms with Gasteiger partial charge in [-0.25, -0.2) is 0 Å². The van der Waals surface area contributed by atoms with E-state index < -0.39 is 0 Å². The van der Waals surface area contributed by atoms with Gasteiger partial charge in [0.1, 0.15) is 5.75 Å². The second-order valence-corrected chi connectivity index (χ2v) is 17.7. The highest BCUT2D eigenvalue weighted by Gasteiger charge is 2.17. The molecule has 0 aliphatic carbocycles. The van der Waals surface area contributed by atoms with Crippen molar-refractivity contribution in [1.29, 1.82) is 0 Å². The van der Waals surface area contributed by atoms with Crippen LogP contribution in [0.25, 0.3) is 46.6 Å². The Bertz CT molecular complexity index is 3160. The minimum atomic E-state index is 0.664. The summed E-state index contributed by atoms with van der Waals surface area (Å²) in [6.07, 6.45) is 8.65. The van der Waals surface area contributed by atoms with Crippen LogP contribution in [0.5, 0.6) is 5.75 Å². The Hall–Kier alpha value is -8.14. The number of ether oxygens (including phenoxy) is 1. The summed E-state index contributed by atoms with van der Waals surface area (Å²) < 4.78 is 5.61. The lowest BCUT2D eigenvalue weighted by atomic mass is 9.99. The molecule has 0 saturated carbocycles. The monoisotopic (exact) mass is 882 g/mol. The molecule has 0 heterocycles. The number of hydrogen-bond donors (Lipinski definition) is 0. The van der Waals surface area contributed by atoms with Crippen molar-refractivity contribution in [3.8, 4) is 28.0 Å². The molecule has 3 heteroatoms. The summed E-state index contributed by atoms with van der Waals surface area (Å²) >= 11 is 0. The molecule has 0 unspecified atom stereocenters. The summed E-state index contributed by atoms with van der Waals surface area (Å²) in [6.45, 7) is 13.5. The average Bonchev–Trinajstić information content (AvgIpc) is 3.36. The first-order valence-corrected chi connectivity index (χ1v) is 23.6. The summed E-state index contributed by atoms with van der Waals surface area (Å²) in [5.41, 5.74) is 22.3. The highest BCUT2D eigenvalue weighted by molar-refractivity contribution is 5.83. The maximum Gasteiger partial charge on any atom is 0.119 e. The van der Waals surface area contributed by atoms with E-state index in [0.29, 0.717) is 6.61 Å². The van der Waals surface area contributed by atoms with Crippen LogP contribution in [-0.4, -0.2) is 6.61 Å². The van der Waals surface area contributed by atoms with E-state index in [1.54, 1.807) is 0 Å². The lowest BCUT2D eigenvalue weighted by molar-refractivity contribution is 0.340. The van der Waals surface area contributed by atoms with E-state index in [4.69, 9.17) is 4.74 Å². The van der Waals surface area contributed by atoms with Crippen molar-refractivity contribution in [3.05, 3.63) is 256 Å². The Kier molecular flexibility index (Phi) is 13.6. The second-order valence-electron chi connectivity index (χ2n) is 17.7. The SMILES string of the molecule is CCOc1ccc(/C=C/c2ccc(N(c3ccc(-c4ccc(-c5ccc(N(c6ccc(/C=C/c7ccc(C)cc7)cc6)c6ccc(C)cc6C)cc5)cc4)cc3)c3ccc(C)cc3C)cc2)cc1. The van der Waals surface area contributed by atoms with Gasteiger partial charge in [-0.15, -0.1) is 0 Å². The minimum Gasteiger partial charge on any atom is -0.494 e. The molecule has 0 aliphatic heterocycles. The molecular weight excluding hydrogens is 825 g/mol. The number of benzene rings is 9. The number of nitrogens with zero attached hydrogens (tertiary/aromatic N) is 2. The normalized spacial score (nSPS) is 11.3. The van der Waals surface area contributed by atoms with Crippen molar-refractivity contribution in [2.45, 2.75) is 41.5 Å². The lowest BCUT2D eigenvalue weighted by Gasteiger charge is -2.27. The van der Waals surface area contributed by atoms with Crippen LogP contribution in [0.4, 0.5) is 34.1 Å². The highest BCUT2D eigenvalue weighted by Crippen LogP contribution is 2.40. The van der Waals surface area contributed by atoms with E-state index in [-0.39, 0.29) is 0 Å². The molecule has 9 rings (SSSR count). The zero-order valence-corrected chi connectivity index (χ0v) is 39.9. The summed E-state index contributed by atoms with van der Waals surface area (Å²) in [5.74, 6) is 0.891. The van der Waals surface area contributed by atoms with Crippen LogP contribution in [0.2, 0.25) is 0 Å². The molecule has 0 saturated heterocycles. The fourth-order valence-corrected chi connectivity index (χ4v) is 8.80. The standard InChI is InChI=1S/C65H58N2O/c1-7-68-63-40-22-54(23-41-63)17-16-53-20-34-60(35-21-53)67(65-43-11-48(4)45-50(65)6)62-38-30-58(31-39-62)56-26-24-55(25-27-56)57-28-36-61(37-29-57)66(64-42-10-47(3)44-49(64)5)59-32-18-52(19-33-59)15-14-51-12-8-46(2)9-13-51/h8-45H,7H2,1-6H3/b15-14+,17-16+. The van der Waals surface area contributed by atoms with Crippen LogP contribution in [0, 0.1) is 34.6 Å². The van der Waals surface area contributed by atoms with E-state index in [1.807, 2.05) is 19.1 Å². The molecule has 0 fully saturated rings. The third kappa shape index (κ3) is 10.6. The molecule has 0 amide bonds. The molecule has 0 radical (unpaired) electrons. The zero-order chi connectivity index (χ0) is 47.0. The van der Waals surface area contributed by atoms with Crippen LogP contribution < -0.4 is 14.5 Å². The van der Waals surface area contributed by atoms with E-state index in [9.17, 15) is 0 Å². The van der Waals surface area contributed by atoms with Crippen LogP contribution in [0.1, 0.15) is 57.0 Å². The van der Waals surface area contributed by atoms with Crippen molar-refractivity contribution < 1.29 is 4.74 Å². The topological polar surface area (TPSA) is 15.7 Å². The first-order chi connectivity index (χ1) is 33.2. The summed E-state index contributed by atoms with van der Waals surface area (Å²) in [5, 5.41) is 0. The van der Waals surface area contributed by atoms with Crippen LogP contribution in [0.15, 0.2) is 206 Å². The molecule has 0 spiro atoms. The molecule has 0 N–H and O–H groups in total. The smallest absolute Gasteiger partial charge is 0.119 e. The van der Waals surface area contributed by atoms with Gasteiger partial charge >= 0.3 is 0 Å². The van der Waals surface area contributed by atoms with Gasteiger partial charge in [-0.3, -0.25) is 0 Å². The Morgan fingerprint density at radius 3 is 0.926 bits per heavy atom. The molecule has 68 heavy (non-hydrogen) atoms. The maximum absolute atomic E-state index is 5.61. The highest BCUT2D eigenvalue weighted by atomic mass is 16.5. The van der Waals surface area contributed by atoms with Crippen molar-refractivity contribution in [1.82, 2.24) is 0 Å². The Morgan fingerprint density at radius 2 is 0.603 bits per heavy atom. The number of aryl methyl sites for hydroxylation is 5. The largest absolute Gasteiger partial charge is 0.494 e. The van der Waals surface area contributed by atoms with Gasteiger partial charge in [-0.2, -0.15) is 0 Å². The zero-order valence-electron chi connectivity index (χ0n) is 39.9. The summed E-state index contributed by atoms with van der Waals surface area (Å²) in [4.78, 5) is 4.71. The molecule has 0 aromatic heterocycles. The number of anilines is 6. The predicted molar refractivity (Wildman–Crippen MR) is 292 cm³/mol. The van der Waals surface area contributed by atoms with Crippen molar-refractivity contribution >= 4 is 58.4 Å². The molecular formula is C65H58N2O. The molecule has 3 nitrogen and oxygen atoms in total. The van der Waals surface area contributed by atoms with Crippen LogP contribution in [-0.2, 0) is 0 Å². The van der Waals surface area contributed by atoms with Gasteiger partial charge in [-0.1, -0.05) is 174 Å². The Morgan fingerprint density at radius 1 is 0.324 bits per heavy atom. The average molecular weight is 883 g/mol. The van der Waals surface area contributed by atoms with E-state index in [2.05, 4.69) is 263 Å². The Balaban J connectivity index is 0.930. The third-order valence-electron chi connectivity index (χ3n) is 12.5. The minimum absolute atomic E-state index is 0.664. The van der Waals surface area contributed by atoms with E-state index in [0.717, 1.165) is 50.9 Å². The Labute approximate surface area is 403 Å². The lowest BCUT2D eigenvalue weighted by Crippen LogP contribution is -2.11. The molecule has 0 aliphatic rings. The van der Waals surface area contributed by atoms with Gasteiger partial charge in [-0.05, 0) is 170 Å². The van der Waals surface area contributed by atoms with Crippen LogP contribution in [0.3, 0.4) is 0 Å². The van der Waals surface area contributed by atoms with Crippen molar-refractivity contribution in [2.75, 3.05) is 16.4 Å². The summed E-state index contributed by atoms with van der Waals surface area (Å²) in [7, 11) is 0.